The summed E-state index contributed by atoms with van der Waals surface area (Å²) in [6.45, 7) is 0.164. The molecule has 1 rings (SSSR count). The summed E-state index contributed by atoms with van der Waals surface area (Å²) in [6, 6.07) is 1.07. The molecule has 0 aliphatic carbocycles. The van der Waals surface area contributed by atoms with Crippen LogP contribution in [0, 0.1) is 5.82 Å². The number of rotatable bonds is 3. The van der Waals surface area contributed by atoms with Gasteiger partial charge in [0, 0.05) is 16.5 Å². The van der Waals surface area contributed by atoms with E-state index in [0.717, 1.165) is 6.07 Å². The van der Waals surface area contributed by atoms with E-state index in [2.05, 4.69) is 20.8 Å². The highest BCUT2D eigenvalue weighted by molar-refractivity contribution is 9.10. The van der Waals surface area contributed by atoms with Crippen molar-refractivity contribution in [3.05, 3.63) is 21.9 Å². The molecule has 4 nitrogen and oxygen atoms in total. The molecule has 0 saturated carbocycles. The molecule has 0 saturated heterocycles. The summed E-state index contributed by atoms with van der Waals surface area (Å²) in [7, 11) is 0. The number of phenolic OH excluding ortho intramolecular Hbond substituents is 2. The molecule has 0 fully saturated rings. The molecule has 0 bridgehead atoms. The van der Waals surface area contributed by atoms with Crippen molar-refractivity contribution in [3.8, 4) is 11.5 Å². The molecule has 0 atom stereocenters. The second-order valence-electron chi connectivity index (χ2n) is 2.64. The zero-order chi connectivity index (χ0) is 10.7. The van der Waals surface area contributed by atoms with E-state index in [9.17, 15) is 9.50 Å². The van der Waals surface area contributed by atoms with E-state index in [-0.39, 0.29) is 13.0 Å². The van der Waals surface area contributed by atoms with Gasteiger partial charge in [-0.05, 0) is 6.07 Å². The number of benzene rings is 1. The van der Waals surface area contributed by atoms with Gasteiger partial charge in [0.1, 0.15) is 0 Å². The summed E-state index contributed by atoms with van der Waals surface area (Å²) in [6.07, 6.45) is 0.275. The lowest BCUT2D eigenvalue weighted by molar-refractivity contribution is 0.140. The van der Waals surface area contributed by atoms with Crippen LogP contribution in [0.25, 0.3) is 0 Å². The van der Waals surface area contributed by atoms with Gasteiger partial charge in [0.2, 0.25) is 0 Å². The minimum absolute atomic E-state index is 0.164. The quantitative estimate of drug-likeness (QED) is 0.571. The maximum Gasteiger partial charge on any atom is 0.194 e. The van der Waals surface area contributed by atoms with E-state index >= 15 is 0 Å². The first kappa shape index (κ1) is 11.2. The Morgan fingerprint density at radius 3 is 2.64 bits per heavy atom. The maximum atomic E-state index is 12.8. The number of aromatic hydroxyl groups is 2. The second kappa shape index (κ2) is 4.59. The fraction of sp³-hybridized carbons (Fsp3) is 0.250. The molecule has 0 aliphatic rings. The molecule has 0 unspecified atom stereocenters. The van der Waals surface area contributed by atoms with Gasteiger partial charge in [0.25, 0.3) is 0 Å². The lowest BCUT2D eigenvalue weighted by Gasteiger charge is -2.08. The minimum Gasteiger partial charge on any atom is -0.504 e. The van der Waals surface area contributed by atoms with Crippen molar-refractivity contribution in [2.45, 2.75) is 6.42 Å². The zero-order valence-electron chi connectivity index (χ0n) is 7.13. The van der Waals surface area contributed by atoms with Gasteiger partial charge in [-0.3, -0.25) is 0 Å². The zero-order valence-corrected chi connectivity index (χ0v) is 8.71. The molecule has 0 aromatic heterocycles. The highest BCUT2D eigenvalue weighted by Crippen LogP contribution is 2.36. The van der Waals surface area contributed by atoms with Crippen molar-refractivity contribution in [2.24, 2.45) is 5.90 Å². The average Bonchev–Trinajstić information content (AvgIpc) is 2.14. The molecule has 6 heteroatoms. The first-order chi connectivity index (χ1) is 6.57. The summed E-state index contributed by atoms with van der Waals surface area (Å²) < 4.78 is 13.2. The van der Waals surface area contributed by atoms with Crippen LogP contribution in [0.1, 0.15) is 5.56 Å². The number of hydrogen-bond acceptors (Lipinski definition) is 4. The Morgan fingerprint density at radius 1 is 1.43 bits per heavy atom. The third kappa shape index (κ3) is 2.14. The van der Waals surface area contributed by atoms with Gasteiger partial charge < -0.3 is 15.1 Å². The van der Waals surface area contributed by atoms with Crippen molar-refractivity contribution in [1.29, 1.82) is 0 Å². The molecule has 4 N–H and O–H groups in total. The fourth-order valence-corrected chi connectivity index (χ4v) is 1.62. The number of hydrogen-bond donors (Lipinski definition) is 3. The van der Waals surface area contributed by atoms with Gasteiger partial charge in [-0.2, -0.15) is 0 Å². The van der Waals surface area contributed by atoms with Crippen LogP contribution >= 0.6 is 15.9 Å². The first-order valence-corrected chi connectivity index (χ1v) is 4.57. The molecule has 0 aliphatic heterocycles. The molecular formula is C8H9BrFNO3. The molecule has 0 spiro atoms. The normalized spacial score (nSPS) is 10.5. The summed E-state index contributed by atoms with van der Waals surface area (Å²) in [5, 5.41) is 18.5. The standard InChI is InChI=1S/C8H9BrFNO3/c9-5-3-6(10)8(13)7(12)4(5)1-2-14-11/h3,12-13H,1-2,11H2. The average molecular weight is 266 g/mol. The van der Waals surface area contributed by atoms with Gasteiger partial charge in [-0.15, -0.1) is 0 Å². The van der Waals surface area contributed by atoms with Crippen molar-refractivity contribution in [3.63, 3.8) is 0 Å². The van der Waals surface area contributed by atoms with Crippen LogP contribution in [0.15, 0.2) is 10.5 Å². The third-order valence-electron chi connectivity index (χ3n) is 1.75. The van der Waals surface area contributed by atoms with E-state index < -0.39 is 17.3 Å². The topological polar surface area (TPSA) is 75.7 Å². The van der Waals surface area contributed by atoms with E-state index in [1.807, 2.05) is 0 Å². The smallest absolute Gasteiger partial charge is 0.194 e. The molecule has 1 aromatic carbocycles. The van der Waals surface area contributed by atoms with Crippen molar-refractivity contribution >= 4 is 15.9 Å². The minimum atomic E-state index is -0.883. The Labute approximate surface area is 88.2 Å². The number of nitrogens with two attached hydrogens (primary N) is 1. The first-order valence-electron chi connectivity index (χ1n) is 3.78. The van der Waals surface area contributed by atoms with Crippen molar-refractivity contribution in [1.82, 2.24) is 0 Å². The Hall–Kier alpha value is -0.850. The monoisotopic (exact) mass is 265 g/mol. The van der Waals surface area contributed by atoms with Crippen molar-refractivity contribution in [2.75, 3.05) is 6.61 Å². The predicted molar refractivity (Wildman–Crippen MR) is 51.3 cm³/mol. The Morgan fingerprint density at radius 2 is 2.07 bits per heavy atom. The van der Waals surface area contributed by atoms with Crippen LogP contribution in [0.2, 0.25) is 0 Å². The lowest BCUT2D eigenvalue weighted by atomic mass is 10.1. The highest BCUT2D eigenvalue weighted by Gasteiger charge is 2.15. The van der Waals surface area contributed by atoms with Crippen LogP contribution in [0.5, 0.6) is 11.5 Å². The van der Waals surface area contributed by atoms with Crippen LogP contribution in [-0.2, 0) is 11.3 Å². The van der Waals surface area contributed by atoms with E-state index in [0.29, 0.717) is 10.0 Å². The Kier molecular flexibility index (Phi) is 3.68. The Balaban J connectivity index is 3.09. The predicted octanol–water partition coefficient (Wildman–Crippen LogP) is 1.43. The number of phenols is 2. The van der Waals surface area contributed by atoms with E-state index in [4.69, 9.17) is 11.0 Å². The van der Waals surface area contributed by atoms with Gasteiger partial charge in [-0.1, -0.05) is 15.9 Å². The molecule has 1 aromatic rings. The van der Waals surface area contributed by atoms with Gasteiger partial charge in [0.15, 0.2) is 17.3 Å². The molecule has 0 heterocycles. The maximum absolute atomic E-state index is 12.8. The fourth-order valence-electron chi connectivity index (χ4n) is 1.03. The van der Waals surface area contributed by atoms with Crippen LogP contribution < -0.4 is 5.90 Å². The largest absolute Gasteiger partial charge is 0.504 e. The SMILES string of the molecule is NOCCc1c(Br)cc(F)c(O)c1O. The summed E-state index contributed by atoms with van der Waals surface area (Å²) >= 11 is 3.05. The molecule has 78 valence electrons. The molecule has 0 amide bonds. The molecule has 0 radical (unpaired) electrons. The molecular weight excluding hydrogens is 257 g/mol. The number of halogens is 2. The Bertz CT molecular complexity index is 346. The highest BCUT2D eigenvalue weighted by atomic mass is 79.9. The summed E-state index contributed by atoms with van der Waals surface area (Å²) in [5.74, 6) is 2.67. The van der Waals surface area contributed by atoms with E-state index in [1.54, 1.807) is 0 Å². The van der Waals surface area contributed by atoms with Crippen LogP contribution in [0.4, 0.5) is 4.39 Å². The van der Waals surface area contributed by atoms with E-state index in [1.165, 1.54) is 0 Å². The van der Waals surface area contributed by atoms with Crippen LogP contribution in [0.3, 0.4) is 0 Å². The van der Waals surface area contributed by atoms with Crippen molar-refractivity contribution < 1.29 is 19.4 Å². The van der Waals surface area contributed by atoms with Crippen LogP contribution in [-0.4, -0.2) is 16.8 Å². The molecule has 14 heavy (non-hydrogen) atoms. The van der Waals surface area contributed by atoms with Gasteiger partial charge in [-0.25, -0.2) is 10.3 Å². The third-order valence-corrected chi connectivity index (χ3v) is 2.46. The summed E-state index contributed by atoms with van der Waals surface area (Å²) in [4.78, 5) is 4.32. The van der Waals surface area contributed by atoms with Gasteiger partial charge >= 0.3 is 0 Å². The second-order valence-corrected chi connectivity index (χ2v) is 3.49. The van der Waals surface area contributed by atoms with Gasteiger partial charge in [0.05, 0.1) is 6.61 Å². The summed E-state index contributed by atoms with van der Waals surface area (Å²) in [5.41, 5.74) is 0.356. The lowest BCUT2D eigenvalue weighted by Crippen LogP contribution is -2.04.